The number of non-ortho nitro benzene ring substituents is 1. The van der Waals surface area contributed by atoms with E-state index in [2.05, 4.69) is 22.5 Å². The van der Waals surface area contributed by atoms with Crippen molar-refractivity contribution in [2.75, 3.05) is 23.3 Å². The predicted molar refractivity (Wildman–Crippen MR) is 150 cm³/mol. The number of carbonyl (C=O) groups is 2. The van der Waals surface area contributed by atoms with Crippen molar-refractivity contribution in [2.45, 2.75) is 32.7 Å². The lowest BCUT2D eigenvalue weighted by atomic mass is 9.97. The fourth-order valence-corrected chi connectivity index (χ4v) is 4.48. The zero-order valence-electron chi connectivity index (χ0n) is 21.6. The zero-order valence-corrected chi connectivity index (χ0v) is 21.6. The highest BCUT2D eigenvalue weighted by atomic mass is 16.6. The van der Waals surface area contributed by atoms with E-state index in [-0.39, 0.29) is 23.5 Å². The van der Waals surface area contributed by atoms with Crippen LogP contribution in [0.3, 0.4) is 0 Å². The van der Waals surface area contributed by atoms with Crippen molar-refractivity contribution >= 4 is 35.0 Å². The van der Waals surface area contributed by atoms with E-state index in [1.54, 1.807) is 24.3 Å². The van der Waals surface area contributed by atoms with Gasteiger partial charge in [0, 0.05) is 42.7 Å². The lowest BCUT2D eigenvalue weighted by molar-refractivity contribution is -0.384. The van der Waals surface area contributed by atoms with Crippen molar-refractivity contribution in [1.29, 1.82) is 0 Å². The Morgan fingerprint density at radius 1 is 1.03 bits per heavy atom. The molecule has 2 N–H and O–H groups in total. The Balaban J connectivity index is 1.52. The molecule has 1 atom stereocenters. The van der Waals surface area contributed by atoms with Gasteiger partial charge >= 0.3 is 0 Å². The Labute approximate surface area is 222 Å². The summed E-state index contributed by atoms with van der Waals surface area (Å²) in [6, 6.07) is 21.0. The van der Waals surface area contributed by atoms with E-state index in [0.29, 0.717) is 22.7 Å². The maximum atomic E-state index is 13.5. The maximum absolute atomic E-state index is 13.5. The van der Waals surface area contributed by atoms with E-state index >= 15 is 0 Å². The Morgan fingerprint density at radius 2 is 1.71 bits per heavy atom. The van der Waals surface area contributed by atoms with Crippen LogP contribution < -0.4 is 15.5 Å². The number of piperidine rings is 1. The van der Waals surface area contributed by atoms with Gasteiger partial charge < -0.3 is 15.5 Å². The second-order valence-corrected chi connectivity index (χ2v) is 9.68. The van der Waals surface area contributed by atoms with Crippen LogP contribution in [0.4, 0.5) is 17.1 Å². The summed E-state index contributed by atoms with van der Waals surface area (Å²) in [6.07, 6.45) is 5.07. The molecule has 0 spiro atoms. The molecule has 8 heteroatoms. The number of hydrogen-bond donors (Lipinski definition) is 2. The summed E-state index contributed by atoms with van der Waals surface area (Å²) in [5, 5.41) is 16.7. The third kappa shape index (κ3) is 6.85. The largest absolute Gasteiger partial charge is 0.371 e. The number of hydrogen-bond acceptors (Lipinski definition) is 5. The highest BCUT2D eigenvalue weighted by Crippen LogP contribution is 2.29. The van der Waals surface area contributed by atoms with Gasteiger partial charge in [-0.2, -0.15) is 0 Å². The minimum Gasteiger partial charge on any atom is -0.371 e. The van der Waals surface area contributed by atoms with E-state index in [4.69, 9.17) is 0 Å². The molecule has 196 valence electrons. The van der Waals surface area contributed by atoms with Crippen molar-refractivity contribution < 1.29 is 14.5 Å². The van der Waals surface area contributed by atoms with Crippen molar-refractivity contribution in [3.63, 3.8) is 0 Å². The number of anilines is 2. The summed E-state index contributed by atoms with van der Waals surface area (Å²) >= 11 is 0. The summed E-state index contributed by atoms with van der Waals surface area (Å²) in [5.41, 5.74) is 3.54. The van der Waals surface area contributed by atoms with E-state index in [1.807, 2.05) is 49.4 Å². The molecule has 1 heterocycles. The third-order valence-electron chi connectivity index (χ3n) is 6.81. The van der Waals surface area contributed by atoms with Gasteiger partial charge in [-0.25, -0.2) is 0 Å². The van der Waals surface area contributed by atoms with Crippen LogP contribution in [-0.4, -0.2) is 29.8 Å². The van der Waals surface area contributed by atoms with Crippen LogP contribution >= 0.6 is 0 Å². The maximum Gasteiger partial charge on any atom is 0.269 e. The van der Waals surface area contributed by atoms with Gasteiger partial charge in [0.1, 0.15) is 0 Å². The molecule has 38 heavy (non-hydrogen) atoms. The average Bonchev–Trinajstić information content (AvgIpc) is 2.93. The van der Waals surface area contributed by atoms with Crippen LogP contribution in [0.2, 0.25) is 0 Å². The van der Waals surface area contributed by atoms with Crippen molar-refractivity contribution in [1.82, 2.24) is 5.32 Å². The summed E-state index contributed by atoms with van der Waals surface area (Å²) in [4.78, 5) is 38.7. The van der Waals surface area contributed by atoms with E-state index < -0.39 is 4.92 Å². The molecule has 1 fully saturated rings. The van der Waals surface area contributed by atoms with Gasteiger partial charge in [0.15, 0.2) is 0 Å². The molecule has 1 saturated heterocycles. The first-order chi connectivity index (χ1) is 18.3. The van der Waals surface area contributed by atoms with E-state index in [1.165, 1.54) is 18.2 Å². The molecule has 0 aliphatic carbocycles. The second kappa shape index (κ2) is 12.2. The molecular formula is C30H32N4O4. The molecular weight excluding hydrogens is 480 g/mol. The molecule has 3 aromatic rings. The van der Waals surface area contributed by atoms with Gasteiger partial charge in [0.25, 0.3) is 11.6 Å². The summed E-state index contributed by atoms with van der Waals surface area (Å²) in [6.45, 7) is 5.94. The monoisotopic (exact) mass is 512 g/mol. The van der Waals surface area contributed by atoms with E-state index in [0.717, 1.165) is 37.2 Å². The fraction of sp³-hybridized carbons (Fsp3) is 0.267. The normalized spacial score (nSPS) is 14.7. The number of amides is 2. The molecule has 0 bridgehead atoms. The lowest BCUT2D eigenvalue weighted by Gasteiger charge is -2.33. The van der Waals surface area contributed by atoms with Crippen molar-refractivity contribution in [3.8, 4) is 0 Å². The number of rotatable bonds is 8. The molecule has 0 radical (unpaired) electrons. The topological polar surface area (TPSA) is 105 Å². The van der Waals surface area contributed by atoms with Gasteiger partial charge in [0.2, 0.25) is 5.91 Å². The molecule has 8 nitrogen and oxygen atoms in total. The third-order valence-corrected chi connectivity index (χ3v) is 6.81. The summed E-state index contributed by atoms with van der Waals surface area (Å²) in [5.74, 6) is 0.0853. The number of nitro groups is 1. The minimum atomic E-state index is -0.470. The van der Waals surface area contributed by atoms with Crippen LogP contribution in [0.25, 0.3) is 6.08 Å². The number of carbonyl (C=O) groups excluding carboxylic acids is 2. The Morgan fingerprint density at radius 3 is 2.37 bits per heavy atom. The Hall–Kier alpha value is -4.46. The Kier molecular flexibility index (Phi) is 8.53. The molecule has 4 rings (SSSR count). The molecule has 0 aromatic heterocycles. The molecule has 0 saturated carbocycles. The standard InChI is InChI=1S/C30H32N4O4/c1-21-16-18-33(19-17-21)28-14-11-25(20-27(28)30(36)31-22(2)24-6-4-3-5-7-24)32-29(35)15-10-23-8-12-26(13-9-23)34(37)38/h3-15,20-22H,16-19H2,1-2H3,(H,31,36)(H,32,35)/b15-10+/t22-/m0/s1. The summed E-state index contributed by atoms with van der Waals surface area (Å²) in [7, 11) is 0. The van der Waals surface area contributed by atoms with Gasteiger partial charge in [-0.3, -0.25) is 19.7 Å². The van der Waals surface area contributed by atoms with Crippen LogP contribution in [0.15, 0.2) is 78.9 Å². The van der Waals surface area contributed by atoms with Gasteiger partial charge in [-0.1, -0.05) is 37.3 Å². The van der Waals surface area contributed by atoms with Gasteiger partial charge in [0.05, 0.1) is 16.5 Å². The highest BCUT2D eigenvalue weighted by Gasteiger charge is 2.23. The van der Waals surface area contributed by atoms with E-state index in [9.17, 15) is 19.7 Å². The van der Waals surface area contributed by atoms with Gasteiger partial charge in [-0.15, -0.1) is 0 Å². The SMILES string of the molecule is CC1CCN(c2ccc(NC(=O)/C=C/c3ccc([N+](=O)[O-])cc3)cc2C(=O)N[C@@H](C)c2ccccc2)CC1. The van der Waals surface area contributed by atoms with Gasteiger partial charge in [-0.05, 0) is 73.2 Å². The second-order valence-electron chi connectivity index (χ2n) is 9.68. The first-order valence-electron chi connectivity index (χ1n) is 12.8. The van der Waals surface area contributed by atoms with Crippen molar-refractivity contribution in [2.24, 2.45) is 5.92 Å². The van der Waals surface area contributed by atoms with Crippen LogP contribution in [0, 0.1) is 16.0 Å². The number of benzene rings is 3. The first kappa shape index (κ1) is 26.6. The number of nitrogens with zero attached hydrogens (tertiary/aromatic N) is 2. The quantitative estimate of drug-likeness (QED) is 0.220. The molecule has 1 aliphatic rings. The Bertz CT molecular complexity index is 1310. The van der Waals surface area contributed by atoms with Crippen LogP contribution in [0.5, 0.6) is 0 Å². The number of nitro benzene ring substituents is 1. The first-order valence-corrected chi connectivity index (χ1v) is 12.8. The zero-order chi connectivity index (χ0) is 27.1. The lowest BCUT2D eigenvalue weighted by Crippen LogP contribution is -2.35. The highest BCUT2D eigenvalue weighted by molar-refractivity contribution is 6.05. The van der Waals surface area contributed by atoms with Crippen LogP contribution in [0.1, 0.15) is 54.2 Å². The van der Waals surface area contributed by atoms with Crippen LogP contribution in [-0.2, 0) is 4.79 Å². The number of nitrogens with one attached hydrogen (secondary N) is 2. The smallest absolute Gasteiger partial charge is 0.269 e. The average molecular weight is 513 g/mol. The fourth-order valence-electron chi connectivity index (χ4n) is 4.48. The van der Waals surface area contributed by atoms with Crippen molar-refractivity contribution in [3.05, 3.63) is 106 Å². The minimum absolute atomic E-state index is 0.0118. The molecule has 0 unspecified atom stereocenters. The predicted octanol–water partition coefficient (Wildman–Crippen LogP) is 5.97. The summed E-state index contributed by atoms with van der Waals surface area (Å²) < 4.78 is 0. The molecule has 2 amide bonds. The molecule has 1 aliphatic heterocycles. The molecule has 3 aromatic carbocycles.